The Kier molecular flexibility index (Phi) is 8.20. The quantitative estimate of drug-likeness (QED) is 0.493. The zero-order valence-electron chi connectivity index (χ0n) is 18.5. The van der Waals surface area contributed by atoms with Crippen LogP contribution in [0.2, 0.25) is 5.02 Å². The van der Waals surface area contributed by atoms with E-state index < -0.39 is 28.3 Å². The monoisotopic (exact) mass is 495 g/mol. The molecule has 33 heavy (non-hydrogen) atoms. The lowest BCUT2D eigenvalue weighted by Gasteiger charge is -2.26. The van der Waals surface area contributed by atoms with Crippen molar-refractivity contribution in [3.8, 4) is 11.5 Å². The van der Waals surface area contributed by atoms with Gasteiger partial charge in [0.15, 0.2) is 27.9 Å². The molecule has 8 nitrogen and oxygen atoms in total. The molecule has 1 aliphatic rings. The molecule has 178 valence electrons. The van der Waals surface area contributed by atoms with Gasteiger partial charge in [-0.25, -0.2) is 13.2 Å². The van der Waals surface area contributed by atoms with Crippen molar-refractivity contribution in [2.75, 3.05) is 31.8 Å². The van der Waals surface area contributed by atoms with Crippen molar-refractivity contribution in [1.29, 1.82) is 0 Å². The molecule has 0 N–H and O–H groups in total. The molecule has 0 bridgehead atoms. The van der Waals surface area contributed by atoms with Crippen LogP contribution in [0.25, 0.3) is 0 Å². The molecule has 0 spiro atoms. The van der Waals surface area contributed by atoms with Gasteiger partial charge in [0.1, 0.15) is 6.61 Å². The van der Waals surface area contributed by atoms with Gasteiger partial charge in [0, 0.05) is 17.6 Å². The SMILES string of the molecule is CCN(C(=O)COC(=O)c1ccc(OCc2ccc(Cl)cc2)c(OC)c1)[C@@H]1CCS(=O)(=O)C1. The Hall–Kier alpha value is -2.78. The van der Waals surface area contributed by atoms with Crippen molar-refractivity contribution in [3.63, 3.8) is 0 Å². The largest absolute Gasteiger partial charge is 0.493 e. The lowest BCUT2D eigenvalue weighted by Crippen LogP contribution is -2.43. The Balaban J connectivity index is 1.59. The topological polar surface area (TPSA) is 99.2 Å². The molecule has 1 atom stereocenters. The fourth-order valence-electron chi connectivity index (χ4n) is 3.61. The molecule has 3 rings (SSSR count). The molecule has 2 aromatic carbocycles. The number of esters is 1. The van der Waals surface area contributed by atoms with Crippen LogP contribution < -0.4 is 9.47 Å². The molecule has 0 saturated carbocycles. The van der Waals surface area contributed by atoms with Crippen LogP contribution >= 0.6 is 11.6 Å². The summed E-state index contributed by atoms with van der Waals surface area (Å²) in [5.74, 6) is -0.331. The molecule has 1 saturated heterocycles. The lowest BCUT2D eigenvalue weighted by atomic mass is 10.2. The van der Waals surface area contributed by atoms with E-state index in [9.17, 15) is 18.0 Å². The van der Waals surface area contributed by atoms with E-state index in [-0.39, 0.29) is 29.7 Å². The molecule has 2 aromatic rings. The van der Waals surface area contributed by atoms with Crippen LogP contribution in [0.3, 0.4) is 0 Å². The minimum absolute atomic E-state index is 0.0603. The molecule has 0 aliphatic carbocycles. The van der Waals surface area contributed by atoms with Crippen molar-refractivity contribution in [2.45, 2.75) is 26.0 Å². The third-order valence-electron chi connectivity index (χ3n) is 5.34. The van der Waals surface area contributed by atoms with Crippen LogP contribution in [0.1, 0.15) is 29.3 Å². The number of nitrogens with zero attached hydrogens (tertiary/aromatic N) is 1. The van der Waals surface area contributed by atoms with Gasteiger partial charge in [-0.05, 0) is 49.2 Å². The number of carbonyl (C=O) groups excluding carboxylic acids is 2. The van der Waals surface area contributed by atoms with Gasteiger partial charge in [-0.15, -0.1) is 0 Å². The summed E-state index contributed by atoms with van der Waals surface area (Å²) in [6.45, 7) is 1.91. The molecule has 10 heteroatoms. The number of halogens is 1. The van der Waals surface area contributed by atoms with Crippen LogP contribution in [0.5, 0.6) is 11.5 Å². The predicted octanol–water partition coefficient (Wildman–Crippen LogP) is 3.12. The molecular weight excluding hydrogens is 470 g/mol. The summed E-state index contributed by atoms with van der Waals surface area (Å²) in [5, 5.41) is 0.632. The summed E-state index contributed by atoms with van der Waals surface area (Å²) < 4.78 is 39.7. The standard InChI is InChI=1S/C23H26ClNO7S/c1-3-25(19-10-11-33(28,29)15-19)22(26)14-32-23(27)17-6-9-20(21(12-17)30-2)31-13-16-4-7-18(24)8-5-16/h4-9,12,19H,3,10-11,13-15H2,1-2H3/t19-/m1/s1. The second-order valence-corrected chi connectivity index (χ2v) is 10.3. The van der Waals surface area contributed by atoms with Gasteiger partial charge < -0.3 is 19.1 Å². The van der Waals surface area contributed by atoms with Gasteiger partial charge in [0.2, 0.25) is 0 Å². The van der Waals surface area contributed by atoms with E-state index in [1.807, 2.05) is 12.1 Å². The maximum absolute atomic E-state index is 12.5. The number of benzene rings is 2. The first-order valence-corrected chi connectivity index (χ1v) is 12.6. The van der Waals surface area contributed by atoms with Gasteiger partial charge in [-0.1, -0.05) is 23.7 Å². The number of ether oxygens (including phenoxy) is 3. The predicted molar refractivity (Wildman–Crippen MR) is 124 cm³/mol. The summed E-state index contributed by atoms with van der Waals surface area (Å²) in [4.78, 5) is 26.5. The summed E-state index contributed by atoms with van der Waals surface area (Å²) >= 11 is 5.89. The second-order valence-electron chi connectivity index (χ2n) is 7.59. The summed E-state index contributed by atoms with van der Waals surface area (Å²) in [5.41, 5.74) is 1.11. The fraction of sp³-hybridized carbons (Fsp3) is 0.391. The highest BCUT2D eigenvalue weighted by molar-refractivity contribution is 7.91. The van der Waals surface area contributed by atoms with Crippen molar-refractivity contribution in [2.24, 2.45) is 0 Å². The van der Waals surface area contributed by atoms with Gasteiger partial charge in [-0.2, -0.15) is 0 Å². The average Bonchev–Trinajstić information content (AvgIpc) is 3.16. The Bertz CT molecular complexity index is 1100. The highest BCUT2D eigenvalue weighted by Crippen LogP contribution is 2.29. The molecule has 0 aromatic heterocycles. The Morgan fingerprint density at radius 3 is 2.45 bits per heavy atom. The van der Waals surface area contributed by atoms with E-state index in [4.69, 9.17) is 25.8 Å². The number of hydrogen-bond acceptors (Lipinski definition) is 7. The molecule has 1 amide bonds. The highest BCUT2D eigenvalue weighted by Gasteiger charge is 2.34. The van der Waals surface area contributed by atoms with E-state index in [2.05, 4.69) is 0 Å². The second kappa shape index (κ2) is 10.9. The molecule has 1 heterocycles. The van der Waals surface area contributed by atoms with Gasteiger partial charge >= 0.3 is 5.97 Å². The number of carbonyl (C=O) groups is 2. The third kappa shape index (κ3) is 6.61. The van der Waals surface area contributed by atoms with Crippen molar-refractivity contribution < 1.29 is 32.2 Å². The van der Waals surface area contributed by atoms with Crippen LogP contribution in [0.4, 0.5) is 0 Å². The van der Waals surface area contributed by atoms with E-state index >= 15 is 0 Å². The maximum Gasteiger partial charge on any atom is 0.338 e. The Morgan fingerprint density at radius 1 is 1.12 bits per heavy atom. The first kappa shape index (κ1) is 24.9. The van der Waals surface area contributed by atoms with Crippen LogP contribution in [0, 0.1) is 0 Å². The van der Waals surface area contributed by atoms with E-state index in [0.717, 1.165) is 5.56 Å². The zero-order valence-corrected chi connectivity index (χ0v) is 20.0. The molecule has 0 unspecified atom stereocenters. The van der Waals surface area contributed by atoms with Crippen molar-refractivity contribution in [1.82, 2.24) is 4.90 Å². The minimum Gasteiger partial charge on any atom is -0.493 e. The fourth-order valence-corrected chi connectivity index (χ4v) is 5.47. The number of sulfone groups is 1. The number of hydrogen-bond donors (Lipinski definition) is 0. The normalized spacial score (nSPS) is 16.8. The number of rotatable bonds is 9. The van der Waals surface area contributed by atoms with Gasteiger partial charge in [-0.3, -0.25) is 4.79 Å². The van der Waals surface area contributed by atoms with Crippen molar-refractivity contribution in [3.05, 3.63) is 58.6 Å². The Morgan fingerprint density at radius 2 is 1.85 bits per heavy atom. The number of likely N-dealkylation sites (N-methyl/N-ethyl adjacent to an activating group) is 1. The Labute approximate surface area is 198 Å². The first-order valence-electron chi connectivity index (χ1n) is 10.4. The third-order valence-corrected chi connectivity index (χ3v) is 7.35. The molecular formula is C23H26ClNO7S. The smallest absolute Gasteiger partial charge is 0.338 e. The summed E-state index contributed by atoms with van der Waals surface area (Å²) in [7, 11) is -1.67. The van der Waals surface area contributed by atoms with E-state index in [1.54, 1.807) is 25.1 Å². The number of methoxy groups -OCH3 is 1. The van der Waals surface area contributed by atoms with E-state index in [1.165, 1.54) is 24.1 Å². The van der Waals surface area contributed by atoms with Crippen molar-refractivity contribution >= 4 is 33.3 Å². The molecule has 1 aliphatic heterocycles. The lowest BCUT2D eigenvalue weighted by molar-refractivity contribution is -0.136. The van der Waals surface area contributed by atoms with Gasteiger partial charge in [0.25, 0.3) is 5.91 Å². The average molecular weight is 496 g/mol. The number of amides is 1. The van der Waals surface area contributed by atoms with Gasteiger partial charge in [0.05, 0.1) is 24.2 Å². The van der Waals surface area contributed by atoms with E-state index in [0.29, 0.717) is 29.5 Å². The highest BCUT2D eigenvalue weighted by atomic mass is 35.5. The zero-order chi connectivity index (χ0) is 24.0. The van der Waals surface area contributed by atoms with Crippen LogP contribution in [-0.2, 0) is 26.0 Å². The summed E-state index contributed by atoms with van der Waals surface area (Å²) in [6.07, 6.45) is 0.393. The van der Waals surface area contributed by atoms with Crippen LogP contribution in [-0.4, -0.2) is 63.0 Å². The molecule has 0 radical (unpaired) electrons. The van der Waals surface area contributed by atoms with Crippen LogP contribution in [0.15, 0.2) is 42.5 Å². The first-order chi connectivity index (χ1) is 15.7. The molecule has 1 fully saturated rings. The summed E-state index contributed by atoms with van der Waals surface area (Å²) in [6, 6.07) is 11.4. The maximum atomic E-state index is 12.5. The minimum atomic E-state index is -3.13.